The lowest BCUT2D eigenvalue weighted by atomic mass is 9.89. The zero-order valence-electron chi connectivity index (χ0n) is 17.8. The number of hydrogen-bond acceptors (Lipinski definition) is 6. The molecule has 2 aromatic carbocycles. The predicted octanol–water partition coefficient (Wildman–Crippen LogP) is 3.52. The number of carbonyl (C=O) groups excluding carboxylic acids is 1. The summed E-state index contributed by atoms with van der Waals surface area (Å²) < 4.78 is 6.77. The number of carbonyl (C=O) groups is 1. The number of nitrogens with two attached hydrogens (primary N) is 1. The van der Waals surface area contributed by atoms with Crippen LogP contribution in [0.5, 0.6) is 5.75 Å². The number of nitrogen functional groups attached to an aromatic ring is 1. The highest BCUT2D eigenvalue weighted by Crippen LogP contribution is 2.29. The van der Waals surface area contributed by atoms with Crippen LogP contribution in [0.2, 0.25) is 0 Å². The van der Waals surface area contributed by atoms with Crippen molar-refractivity contribution in [3.8, 4) is 17.1 Å². The zero-order chi connectivity index (χ0) is 21.8. The van der Waals surface area contributed by atoms with Crippen molar-refractivity contribution in [1.29, 1.82) is 0 Å². The van der Waals surface area contributed by atoms with Gasteiger partial charge in [-0.2, -0.15) is 0 Å². The van der Waals surface area contributed by atoms with Gasteiger partial charge in [-0.3, -0.25) is 4.79 Å². The minimum Gasteiger partial charge on any atom is -0.496 e. The van der Waals surface area contributed by atoms with Crippen LogP contribution in [-0.2, 0) is 17.6 Å². The highest BCUT2D eigenvalue weighted by atomic mass is 32.2. The van der Waals surface area contributed by atoms with Crippen LogP contribution in [0.1, 0.15) is 42.5 Å². The first-order chi connectivity index (χ1) is 15.1. The molecule has 1 atom stereocenters. The molecule has 1 heterocycles. The van der Waals surface area contributed by atoms with Gasteiger partial charge in [0.15, 0.2) is 5.82 Å². The number of fused-ring (bicyclic) bond motifs is 1. The second-order valence-corrected chi connectivity index (χ2v) is 8.63. The van der Waals surface area contributed by atoms with Gasteiger partial charge in [0.25, 0.3) is 0 Å². The first-order valence-corrected chi connectivity index (χ1v) is 11.4. The third kappa shape index (κ3) is 4.69. The Labute approximate surface area is 186 Å². The summed E-state index contributed by atoms with van der Waals surface area (Å²) in [5, 5.41) is 11.9. The molecule has 0 aliphatic heterocycles. The van der Waals surface area contributed by atoms with E-state index in [-0.39, 0.29) is 17.7 Å². The number of amides is 1. The van der Waals surface area contributed by atoms with Crippen LogP contribution in [-0.4, -0.2) is 33.6 Å². The van der Waals surface area contributed by atoms with E-state index in [0.29, 0.717) is 16.7 Å². The summed E-state index contributed by atoms with van der Waals surface area (Å²) in [7, 11) is 1.60. The quantitative estimate of drug-likeness (QED) is 0.434. The molecule has 1 aliphatic carbocycles. The summed E-state index contributed by atoms with van der Waals surface area (Å²) >= 11 is 1.26. The Kier molecular flexibility index (Phi) is 6.46. The van der Waals surface area contributed by atoms with Gasteiger partial charge in [0, 0.05) is 0 Å². The molecule has 8 heteroatoms. The molecule has 7 nitrogen and oxygen atoms in total. The Morgan fingerprint density at radius 2 is 1.97 bits per heavy atom. The molecule has 3 N–H and O–H groups in total. The van der Waals surface area contributed by atoms with Crippen molar-refractivity contribution in [2.45, 2.75) is 43.8 Å². The lowest BCUT2D eigenvalue weighted by Gasteiger charge is -2.20. The fourth-order valence-electron chi connectivity index (χ4n) is 3.91. The average molecular weight is 438 g/mol. The molecule has 31 heavy (non-hydrogen) atoms. The standard InChI is InChI=1S/C23H27N5O2S/c1-15(17-12-11-16-7-3-4-8-18(16)13-17)25-21(29)14-31-23-27-26-22(28(23)24)19-9-5-6-10-20(19)30-2/h5-6,9-13,15H,3-4,7-8,14,24H2,1-2H3,(H,25,29). The minimum absolute atomic E-state index is 0.0554. The number of nitrogens with one attached hydrogen (secondary N) is 1. The van der Waals surface area contributed by atoms with E-state index in [9.17, 15) is 4.79 Å². The Hall–Kier alpha value is -3.00. The molecule has 0 saturated heterocycles. The summed E-state index contributed by atoms with van der Waals surface area (Å²) in [4.78, 5) is 12.5. The monoisotopic (exact) mass is 437 g/mol. The van der Waals surface area contributed by atoms with E-state index >= 15 is 0 Å². The number of ether oxygens (including phenoxy) is 1. The van der Waals surface area contributed by atoms with E-state index in [1.807, 2.05) is 31.2 Å². The Morgan fingerprint density at radius 3 is 2.77 bits per heavy atom. The summed E-state index contributed by atoms with van der Waals surface area (Å²) in [6.45, 7) is 2.01. The number of methoxy groups -OCH3 is 1. The van der Waals surface area contributed by atoms with Crippen molar-refractivity contribution < 1.29 is 9.53 Å². The van der Waals surface area contributed by atoms with Crippen molar-refractivity contribution in [1.82, 2.24) is 20.2 Å². The van der Waals surface area contributed by atoms with Crippen LogP contribution >= 0.6 is 11.8 Å². The lowest BCUT2D eigenvalue weighted by molar-refractivity contribution is -0.119. The zero-order valence-corrected chi connectivity index (χ0v) is 18.6. The van der Waals surface area contributed by atoms with Crippen LogP contribution < -0.4 is 15.9 Å². The highest BCUT2D eigenvalue weighted by Gasteiger charge is 2.18. The van der Waals surface area contributed by atoms with Crippen molar-refractivity contribution in [3.05, 3.63) is 59.2 Å². The predicted molar refractivity (Wildman–Crippen MR) is 123 cm³/mol. The number of nitrogens with zero attached hydrogens (tertiary/aromatic N) is 3. The molecule has 162 valence electrons. The summed E-state index contributed by atoms with van der Waals surface area (Å²) in [6.07, 6.45) is 4.79. The Bertz CT molecular complexity index is 1080. The SMILES string of the molecule is COc1ccccc1-c1nnc(SCC(=O)NC(C)c2ccc3c(c2)CCCC3)n1N. The van der Waals surface area contributed by atoms with Crippen LogP contribution in [0.15, 0.2) is 47.6 Å². The molecule has 1 unspecified atom stereocenters. The van der Waals surface area contributed by atoms with Gasteiger partial charge in [-0.05, 0) is 61.4 Å². The summed E-state index contributed by atoms with van der Waals surface area (Å²) in [6, 6.07) is 14.0. The topological polar surface area (TPSA) is 95.1 Å². The number of aromatic nitrogens is 3. The van der Waals surface area contributed by atoms with Gasteiger partial charge in [0.2, 0.25) is 11.1 Å². The number of para-hydroxylation sites is 1. The molecule has 3 aromatic rings. The molecule has 1 amide bonds. The molecule has 4 rings (SSSR count). The summed E-state index contributed by atoms with van der Waals surface area (Å²) in [5.74, 6) is 7.47. The van der Waals surface area contributed by atoms with Gasteiger partial charge in [-0.25, -0.2) is 4.68 Å². The summed E-state index contributed by atoms with van der Waals surface area (Å²) in [5.41, 5.74) is 4.74. The maximum absolute atomic E-state index is 12.5. The molecule has 0 spiro atoms. The number of thioether (sulfide) groups is 1. The highest BCUT2D eigenvalue weighted by molar-refractivity contribution is 7.99. The van der Waals surface area contributed by atoms with Gasteiger partial charge in [0.05, 0.1) is 24.5 Å². The first-order valence-electron chi connectivity index (χ1n) is 10.4. The third-order valence-corrected chi connectivity index (χ3v) is 6.54. The largest absolute Gasteiger partial charge is 0.496 e. The fraction of sp³-hybridized carbons (Fsp3) is 0.348. The van der Waals surface area contributed by atoms with Crippen molar-refractivity contribution in [3.63, 3.8) is 0 Å². The van der Waals surface area contributed by atoms with Crippen LogP contribution in [0.25, 0.3) is 11.4 Å². The van der Waals surface area contributed by atoms with E-state index in [0.717, 1.165) is 24.0 Å². The van der Waals surface area contributed by atoms with E-state index in [1.165, 1.54) is 40.4 Å². The molecule has 0 radical (unpaired) electrons. The Balaban J connectivity index is 1.37. The molecular weight excluding hydrogens is 410 g/mol. The molecule has 1 aliphatic rings. The van der Waals surface area contributed by atoms with Crippen molar-refractivity contribution >= 4 is 17.7 Å². The van der Waals surface area contributed by atoms with Gasteiger partial charge < -0.3 is 15.9 Å². The molecule has 0 fully saturated rings. The second kappa shape index (κ2) is 9.43. The van der Waals surface area contributed by atoms with Gasteiger partial charge in [-0.1, -0.05) is 42.1 Å². The number of benzene rings is 2. The molecule has 0 saturated carbocycles. The molecule has 0 bridgehead atoms. The maximum atomic E-state index is 12.5. The van der Waals surface area contributed by atoms with E-state index in [1.54, 1.807) is 7.11 Å². The maximum Gasteiger partial charge on any atom is 0.230 e. The number of aryl methyl sites for hydroxylation is 2. The van der Waals surface area contributed by atoms with Gasteiger partial charge in [-0.15, -0.1) is 10.2 Å². The number of rotatable bonds is 7. The van der Waals surface area contributed by atoms with Crippen molar-refractivity contribution in [2.24, 2.45) is 0 Å². The van der Waals surface area contributed by atoms with Crippen LogP contribution in [0, 0.1) is 0 Å². The first kappa shape index (κ1) is 21.2. The molecular formula is C23H27N5O2S. The van der Waals surface area contributed by atoms with E-state index in [4.69, 9.17) is 10.6 Å². The normalized spacial score (nSPS) is 14.0. The minimum atomic E-state index is -0.0722. The second-order valence-electron chi connectivity index (χ2n) is 7.69. The Morgan fingerprint density at radius 1 is 1.19 bits per heavy atom. The van der Waals surface area contributed by atoms with Crippen LogP contribution in [0.3, 0.4) is 0 Å². The van der Waals surface area contributed by atoms with Gasteiger partial charge >= 0.3 is 0 Å². The smallest absolute Gasteiger partial charge is 0.230 e. The average Bonchev–Trinajstić information content (AvgIpc) is 3.17. The van der Waals surface area contributed by atoms with Gasteiger partial charge in [0.1, 0.15) is 5.75 Å². The number of hydrogen-bond donors (Lipinski definition) is 2. The molecule has 1 aromatic heterocycles. The third-order valence-electron chi connectivity index (χ3n) is 5.59. The van der Waals surface area contributed by atoms with E-state index in [2.05, 4.69) is 33.7 Å². The van der Waals surface area contributed by atoms with Crippen molar-refractivity contribution in [2.75, 3.05) is 18.7 Å². The lowest BCUT2D eigenvalue weighted by Crippen LogP contribution is -2.28. The van der Waals surface area contributed by atoms with E-state index < -0.39 is 0 Å². The fourth-order valence-corrected chi connectivity index (χ4v) is 4.58. The van der Waals surface area contributed by atoms with Crippen LogP contribution in [0.4, 0.5) is 0 Å².